The molecule has 0 aromatic carbocycles. The van der Waals surface area contributed by atoms with Crippen LogP contribution in [-0.4, -0.2) is 16.5 Å². The van der Waals surface area contributed by atoms with Crippen molar-refractivity contribution in [3.05, 3.63) is 12.3 Å². The van der Waals surface area contributed by atoms with Crippen molar-refractivity contribution in [2.24, 2.45) is 0 Å². The molecule has 1 aromatic heterocycles. The van der Waals surface area contributed by atoms with Gasteiger partial charge in [-0.3, -0.25) is 4.79 Å². The average molecular weight is 193 g/mol. The number of carbonyl (C=O) groups excluding carboxylic acids is 1. The average Bonchev–Trinajstić information content (AvgIpc) is 2.07. The fourth-order valence-corrected chi connectivity index (χ4v) is 1.21. The van der Waals surface area contributed by atoms with E-state index in [1.165, 1.54) is 6.20 Å². The van der Waals surface area contributed by atoms with Crippen LogP contribution < -0.4 is 15.8 Å². The third-order valence-electron chi connectivity index (χ3n) is 2.02. The van der Waals surface area contributed by atoms with Crippen LogP contribution in [0.1, 0.15) is 13.8 Å². The number of nitrogen functional groups attached to an aromatic ring is 1. The smallest absolute Gasteiger partial charge is 0.269 e. The van der Waals surface area contributed by atoms with Gasteiger partial charge in [-0.05, 0) is 13.8 Å². The fraction of sp³-hybridized carbons (Fsp3) is 0.333. The molecule has 0 saturated carbocycles. The topological polar surface area (TPSA) is 77.2 Å². The number of aromatic nitrogens is 1. The van der Waals surface area contributed by atoms with Crippen molar-refractivity contribution in [2.75, 3.05) is 11.1 Å². The number of hydrogen-bond acceptors (Lipinski definition) is 4. The summed E-state index contributed by atoms with van der Waals surface area (Å²) in [6.07, 6.45) is 1.47. The number of nitrogens with one attached hydrogen (secondary N) is 1. The van der Waals surface area contributed by atoms with E-state index in [1.54, 1.807) is 19.9 Å². The summed E-state index contributed by atoms with van der Waals surface area (Å²) in [5.41, 5.74) is 5.19. The quantitative estimate of drug-likeness (QED) is 0.638. The number of nitrogens with zero attached hydrogens (tertiary/aromatic N) is 1. The van der Waals surface area contributed by atoms with Crippen molar-refractivity contribution in [3.8, 4) is 5.75 Å². The van der Waals surface area contributed by atoms with E-state index in [0.29, 0.717) is 17.3 Å². The minimum atomic E-state index is -0.873. The highest BCUT2D eigenvalue weighted by atomic mass is 16.5. The molecule has 0 saturated heterocycles. The molecule has 0 unspecified atom stereocenters. The molecule has 2 rings (SSSR count). The first kappa shape index (κ1) is 8.80. The van der Waals surface area contributed by atoms with E-state index < -0.39 is 5.60 Å². The van der Waals surface area contributed by atoms with Crippen LogP contribution in [0.3, 0.4) is 0 Å². The van der Waals surface area contributed by atoms with Crippen molar-refractivity contribution in [3.63, 3.8) is 0 Å². The highest BCUT2D eigenvalue weighted by Crippen LogP contribution is 2.32. The van der Waals surface area contributed by atoms with E-state index >= 15 is 0 Å². The molecule has 0 fully saturated rings. The molecule has 1 aromatic rings. The van der Waals surface area contributed by atoms with Gasteiger partial charge in [-0.2, -0.15) is 0 Å². The SMILES string of the molecule is CC1(C)Oc2cc(N)cnc2NC1=O. The summed E-state index contributed by atoms with van der Waals surface area (Å²) in [5, 5.41) is 2.65. The molecule has 74 valence electrons. The number of anilines is 2. The van der Waals surface area contributed by atoms with Crippen molar-refractivity contribution in [1.29, 1.82) is 0 Å². The molecule has 0 radical (unpaired) electrons. The number of hydrogen-bond donors (Lipinski definition) is 2. The third-order valence-corrected chi connectivity index (χ3v) is 2.02. The maximum Gasteiger partial charge on any atom is 0.269 e. The lowest BCUT2D eigenvalue weighted by atomic mass is 10.1. The second-order valence-electron chi connectivity index (χ2n) is 3.68. The Labute approximate surface area is 81.3 Å². The number of ether oxygens (including phenoxy) is 1. The largest absolute Gasteiger partial charge is 0.474 e. The lowest BCUT2D eigenvalue weighted by Gasteiger charge is -2.30. The zero-order valence-corrected chi connectivity index (χ0v) is 8.00. The van der Waals surface area contributed by atoms with Gasteiger partial charge >= 0.3 is 0 Å². The summed E-state index contributed by atoms with van der Waals surface area (Å²) >= 11 is 0. The van der Waals surface area contributed by atoms with Crippen molar-refractivity contribution < 1.29 is 9.53 Å². The Bertz CT molecular complexity index is 401. The summed E-state index contributed by atoms with van der Waals surface area (Å²) in [4.78, 5) is 15.4. The lowest BCUT2D eigenvalue weighted by molar-refractivity contribution is -0.129. The molecule has 1 aliphatic heterocycles. The van der Waals surface area contributed by atoms with Gasteiger partial charge in [0.05, 0.1) is 11.9 Å². The molecule has 3 N–H and O–H groups in total. The number of fused-ring (bicyclic) bond motifs is 1. The first-order chi connectivity index (χ1) is 6.49. The molecule has 14 heavy (non-hydrogen) atoms. The predicted octanol–water partition coefficient (Wildman–Crippen LogP) is 0.773. The van der Waals surface area contributed by atoms with Crippen LogP contribution in [-0.2, 0) is 4.79 Å². The number of amides is 1. The zero-order valence-electron chi connectivity index (χ0n) is 8.00. The van der Waals surface area contributed by atoms with E-state index in [1.807, 2.05) is 0 Å². The summed E-state index contributed by atoms with van der Waals surface area (Å²) in [7, 11) is 0. The maximum atomic E-state index is 11.5. The van der Waals surface area contributed by atoms with Crippen LogP contribution >= 0.6 is 0 Å². The van der Waals surface area contributed by atoms with Gasteiger partial charge in [0.15, 0.2) is 17.2 Å². The van der Waals surface area contributed by atoms with E-state index in [9.17, 15) is 4.79 Å². The molecule has 0 atom stereocenters. The van der Waals surface area contributed by atoms with Crippen LogP contribution in [0.4, 0.5) is 11.5 Å². The van der Waals surface area contributed by atoms with Gasteiger partial charge in [0, 0.05) is 6.07 Å². The summed E-state index contributed by atoms with van der Waals surface area (Å²) in [6, 6.07) is 1.64. The monoisotopic (exact) mass is 193 g/mol. The van der Waals surface area contributed by atoms with Gasteiger partial charge in [0.2, 0.25) is 0 Å². The first-order valence-corrected chi connectivity index (χ1v) is 4.25. The third kappa shape index (κ3) is 1.26. The second kappa shape index (κ2) is 2.60. The predicted molar refractivity (Wildman–Crippen MR) is 52.0 cm³/mol. The maximum absolute atomic E-state index is 11.5. The number of carbonyl (C=O) groups is 1. The normalized spacial score (nSPS) is 18.0. The molecule has 5 heteroatoms. The minimum Gasteiger partial charge on any atom is -0.474 e. The molecule has 2 heterocycles. The van der Waals surface area contributed by atoms with Crippen LogP contribution in [0, 0.1) is 0 Å². The van der Waals surface area contributed by atoms with Crippen LogP contribution in [0.15, 0.2) is 12.3 Å². The molecule has 1 aliphatic rings. The van der Waals surface area contributed by atoms with Crippen LogP contribution in [0.25, 0.3) is 0 Å². The molecule has 0 aliphatic carbocycles. The number of nitrogens with two attached hydrogens (primary N) is 1. The molecular weight excluding hydrogens is 182 g/mol. The van der Waals surface area contributed by atoms with Gasteiger partial charge in [-0.1, -0.05) is 0 Å². The number of pyridine rings is 1. The van der Waals surface area contributed by atoms with Crippen molar-refractivity contribution >= 4 is 17.4 Å². The molecule has 1 amide bonds. The first-order valence-electron chi connectivity index (χ1n) is 4.25. The van der Waals surface area contributed by atoms with E-state index in [2.05, 4.69) is 10.3 Å². The van der Waals surface area contributed by atoms with Crippen molar-refractivity contribution in [1.82, 2.24) is 4.98 Å². The molecule has 5 nitrogen and oxygen atoms in total. The van der Waals surface area contributed by atoms with Gasteiger partial charge in [0.1, 0.15) is 0 Å². The van der Waals surface area contributed by atoms with E-state index in [4.69, 9.17) is 10.5 Å². The molecular formula is C9H11N3O2. The number of rotatable bonds is 0. The van der Waals surface area contributed by atoms with E-state index in [0.717, 1.165) is 0 Å². The van der Waals surface area contributed by atoms with Gasteiger partial charge in [-0.15, -0.1) is 0 Å². The fourth-order valence-electron chi connectivity index (χ4n) is 1.21. The Morgan fingerprint density at radius 3 is 3.00 bits per heavy atom. The summed E-state index contributed by atoms with van der Waals surface area (Å²) < 4.78 is 5.46. The Morgan fingerprint density at radius 1 is 1.57 bits per heavy atom. The lowest BCUT2D eigenvalue weighted by Crippen LogP contribution is -2.46. The standard InChI is InChI=1S/C9H11N3O2/c1-9(2)8(13)12-7-6(14-9)3-5(10)4-11-7/h3-4H,10H2,1-2H3,(H,11,12,13). The molecule has 0 bridgehead atoms. The highest BCUT2D eigenvalue weighted by Gasteiger charge is 2.35. The van der Waals surface area contributed by atoms with Gasteiger partial charge < -0.3 is 15.8 Å². The zero-order chi connectivity index (χ0) is 10.3. The Kier molecular flexibility index (Phi) is 1.64. The second-order valence-corrected chi connectivity index (χ2v) is 3.68. The Balaban J connectivity index is 2.46. The highest BCUT2D eigenvalue weighted by molar-refractivity contribution is 5.99. The summed E-state index contributed by atoms with van der Waals surface area (Å²) in [6.45, 7) is 3.38. The van der Waals surface area contributed by atoms with Gasteiger partial charge in [0.25, 0.3) is 5.91 Å². The minimum absolute atomic E-state index is 0.206. The Morgan fingerprint density at radius 2 is 2.29 bits per heavy atom. The summed E-state index contributed by atoms with van der Waals surface area (Å²) in [5.74, 6) is 0.723. The van der Waals surface area contributed by atoms with Gasteiger partial charge in [-0.25, -0.2) is 4.98 Å². The molecule has 0 spiro atoms. The van der Waals surface area contributed by atoms with Crippen molar-refractivity contribution in [2.45, 2.75) is 19.4 Å². The van der Waals surface area contributed by atoms with Crippen LogP contribution in [0.5, 0.6) is 5.75 Å². The van der Waals surface area contributed by atoms with Crippen LogP contribution in [0.2, 0.25) is 0 Å². The van der Waals surface area contributed by atoms with E-state index in [-0.39, 0.29) is 5.91 Å². The Hall–Kier alpha value is -1.78.